The molecule has 6 heteroatoms. The van der Waals surface area contributed by atoms with Crippen LogP contribution in [0.3, 0.4) is 0 Å². The van der Waals surface area contributed by atoms with Gasteiger partial charge in [-0.15, -0.1) is 0 Å². The number of nitrogens with one attached hydrogen (secondary N) is 2. The van der Waals surface area contributed by atoms with Crippen LogP contribution in [0.2, 0.25) is 0 Å². The van der Waals surface area contributed by atoms with Crippen LogP contribution in [0.15, 0.2) is 30.5 Å². The summed E-state index contributed by atoms with van der Waals surface area (Å²) in [6, 6.07) is 7.91. The molecule has 0 bridgehead atoms. The molecule has 0 radical (unpaired) electrons. The van der Waals surface area contributed by atoms with Gasteiger partial charge in [-0.2, -0.15) is 0 Å². The number of methoxy groups -OCH3 is 1. The highest BCUT2D eigenvalue weighted by atomic mass is 16.5. The van der Waals surface area contributed by atoms with Gasteiger partial charge in [-0.05, 0) is 17.7 Å². The molecule has 6 nitrogen and oxygen atoms in total. The number of aromatic nitrogens is 4. The Bertz CT molecular complexity index is 720. The van der Waals surface area contributed by atoms with E-state index in [4.69, 9.17) is 4.74 Å². The first-order chi connectivity index (χ1) is 10.7. The monoisotopic (exact) mass is 297 g/mol. The summed E-state index contributed by atoms with van der Waals surface area (Å²) in [6.45, 7) is 4.82. The molecule has 0 saturated carbocycles. The number of ether oxygens (including phenoxy) is 1. The van der Waals surface area contributed by atoms with Crippen LogP contribution < -0.4 is 10.1 Å². The summed E-state index contributed by atoms with van der Waals surface area (Å²) in [5.41, 5.74) is 1.94. The topological polar surface area (TPSA) is 75.7 Å². The van der Waals surface area contributed by atoms with E-state index in [1.54, 1.807) is 13.3 Å². The zero-order valence-electron chi connectivity index (χ0n) is 12.9. The molecule has 0 spiro atoms. The van der Waals surface area contributed by atoms with Crippen molar-refractivity contribution in [3.05, 3.63) is 41.9 Å². The molecule has 0 aromatic heterocycles. The molecule has 0 unspecified atom stereocenters. The van der Waals surface area contributed by atoms with Crippen molar-refractivity contribution in [1.82, 2.24) is 19.9 Å². The lowest BCUT2D eigenvalue weighted by Crippen LogP contribution is -2.04. The fourth-order valence-corrected chi connectivity index (χ4v) is 2.10. The molecule has 22 heavy (non-hydrogen) atoms. The summed E-state index contributed by atoms with van der Waals surface area (Å²) < 4.78 is 5.15. The van der Waals surface area contributed by atoms with Gasteiger partial charge in [0.15, 0.2) is 5.82 Å². The van der Waals surface area contributed by atoms with Crippen LogP contribution in [0.5, 0.6) is 5.75 Å². The van der Waals surface area contributed by atoms with Crippen molar-refractivity contribution in [1.29, 1.82) is 0 Å². The van der Waals surface area contributed by atoms with Gasteiger partial charge in [0.05, 0.1) is 13.3 Å². The van der Waals surface area contributed by atoms with Crippen molar-refractivity contribution in [3.8, 4) is 17.3 Å². The first kappa shape index (κ1) is 14.3. The molecule has 0 amide bonds. The number of fused-ring (bicyclic) bond motifs is 1. The first-order valence-corrected chi connectivity index (χ1v) is 7.25. The third-order valence-corrected chi connectivity index (χ3v) is 3.39. The number of aromatic amines is 1. The van der Waals surface area contributed by atoms with Crippen molar-refractivity contribution in [2.24, 2.45) is 0 Å². The van der Waals surface area contributed by atoms with Crippen LogP contribution in [0, 0.1) is 0 Å². The van der Waals surface area contributed by atoms with Gasteiger partial charge in [0.1, 0.15) is 17.3 Å². The Kier molecular flexibility index (Phi) is 3.91. The molecule has 114 valence electrons. The van der Waals surface area contributed by atoms with E-state index in [-0.39, 0.29) is 0 Å². The molecule has 0 aliphatic carbocycles. The van der Waals surface area contributed by atoms with Gasteiger partial charge in [-0.3, -0.25) is 0 Å². The van der Waals surface area contributed by atoms with E-state index in [1.165, 1.54) is 0 Å². The van der Waals surface area contributed by atoms with E-state index in [0.717, 1.165) is 28.7 Å². The molecule has 2 aliphatic rings. The van der Waals surface area contributed by atoms with E-state index in [0.29, 0.717) is 18.4 Å². The molecule has 2 N–H and O–H groups in total. The van der Waals surface area contributed by atoms with Crippen molar-refractivity contribution in [2.45, 2.75) is 26.3 Å². The average molecular weight is 297 g/mol. The van der Waals surface area contributed by atoms with Crippen LogP contribution in [0.4, 0.5) is 5.95 Å². The minimum atomic E-state index is 0.302. The van der Waals surface area contributed by atoms with E-state index in [1.807, 2.05) is 24.3 Å². The zero-order valence-corrected chi connectivity index (χ0v) is 12.9. The Balaban J connectivity index is 1.72. The Morgan fingerprint density at radius 3 is 2.64 bits per heavy atom. The van der Waals surface area contributed by atoms with Gasteiger partial charge in [0.25, 0.3) is 0 Å². The van der Waals surface area contributed by atoms with Crippen molar-refractivity contribution in [3.63, 3.8) is 0 Å². The predicted molar refractivity (Wildman–Crippen MR) is 85.2 cm³/mol. The second-order valence-corrected chi connectivity index (χ2v) is 5.40. The Labute approximate surface area is 129 Å². The third kappa shape index (κ3) is 3.00. The van der Waals surface area contributed by atoms with Crippen LogP contribution in [-0.4, -0.2) is 27.0 Å². The SMILES string of the molecule is COc1ccc(CNc2ncc3nc(C(C)C)nc-3[nH]2)cc1. The summed E-state index contributed by atoms with van der Waals surface area (Å²) in [4.78, 5) is 16.4. The summed E-state index contributed by atoms with van der Waals surface area (Å²) >= 11 is 0. The lowest BCUT2D eigenvalue weighted by Gasteiger charge is -2.07. The van der Waals surface area contributed by atoms with Crippen LogP contribution in [0.25, 0.3) is 11.5 Å². The highest BCUT2D eigenvalue weighted by Gasteiger charge is 2.14. The van der Waals surface area contributed by atoms with Crippen LogP contribution in [0.1, 0.15) is 31.2 Å². The molecule has 3 rings (SSSR count). The molecule has 2 heterocycles. The fraction of sp³-hybridized carbons (Fsp3) is 0.312. The van der Waals surface area contributed by atoms with Crippen molar-refractivity contribution < 1.29 is 4.74 Å². The van der Waals surface area contributed by atoms with E-state index < -0.39 is 0 Å². The quantitative estimate of drug-likeness (QED) is 0.757. The van der Waals surface area contributed by atoms with Gasteiger partial charge < -0.3 is 15.0 Å². The summed E-state index contributed by atoms with van der Waals surface area (Å²) in [5, 5.41) is 3.25. The van der Waals surface area contributed by atoms with Gasteiger partial charge in [-0.25, -0.2) is 15.0 Å². The normalized spacial score (nSPS) is 11.1. The lowest BCUT2D eigenvalue weighted by molar-refractivity contribution is 0.414. The standard InChI is InChI=1S/C16H19N5O/c1-10(2)14-19-13-9-18-16(21-15(13)20-14)17-8-11-4-6-12(22-3)7-5-11/h4-7,9-10H,8H2,1-3H3,(H2,17,18,19,20,21). The smallest absolute Gasteiger partial charge is 0.202 e. The number of nitrogens with zero attached hydrogens (tertiary/aromatic N) is 3. The Hall–Kier alpha value is -2.63. The Morgan fingerprint density at radius 1 is 1.18 bits per heavy atom. The van der Waals surface area contributed by atoms with Gasteiger partial charge in [0.2, 0.25) is 5.95 Å². The summed E-state index contributed by atoms with van der Waals surface area (Å²) in [6.07, 6.45) is 1.74. The number of H-pyrrole nitrogens is 1. The first-order valence-electron chi connectivity index (χ1n) is 7.25. The van der Waals surface area contributed by atoms with E-state index in [2.05, 4.69) is 39.1 Å². The number of anilines is 1. The second-order valence-electron chi connectivity index (χ2n) is 5.40. The van der Waals surface area contributed by atoms with Crippen LogP contribution in [-0.2, 0) is 6.54 Å². The van der Waals surface area contributed by atoms with Crippen molar-refractivity contribution in [2.75, 3.05) is 12.4 Å². The molecule has 0 saturated heterocycles. The minimum absolute atomic E-state index is 0.302. The van der Waals surface area contributed by atoms with Gasteiger partial charge >= 0.3 is 0 Å². The van der Waals surface area contributed by atoms with Crippen molar-refractivity contribution >= 4 is 5.95 Å². The third-order valence-electron chi connectivity index (χ3n) is 3.39. The zero-order chi connectivity index (χ0) is 15.5. The molecule has 1 aromatic rings. The molecule has 0 fully saturated rings. The second kappa shape index (κ2) is 6.01. The number of hydrogen-bond acceptors (Lipinski definition) is 5. The molecular weight excluding hydrogens is 278 g/mol. The maximum atomic E-state index is 5.15. The van der Waals surface area contributed by atoms with Gasteiger partial charge in [-0.1, -0.05) is 26.0 Å². The highest BCUT2D eigenvalue weighted by molar-refractivity contribution is 5.53. The molecular formula is C16H19N5O. The maximum absolute atomic E-state index is 5.15. The van der Waals surface area contributed by atoms with Crippen LogP contribution >= 0.6 is 0 Å². The predicted octanol–water partition coefficient (Wildman–Crippen LogP) is 3.05. The fourth-order valence-electron chi connectivity index (χ4n) is 2.10. The Morgan fingerprint density at radius 2 is 1.95 bits per heavy atom. The average Bonchev–Trinajstić information content (AvgIpc) is 2.97. The largest absolute Gasteiger partial charge is 0.497 e. The molecule has 2 aliphatic heterocycles. The van der Waals surface area contributed by atoms with E-state index >= 15 is 0 Å². The number of benzene rings is 1. The lowest BCUT2D eigenvalue weighted by atomic mass is 10.2. The minimum Gasteiger partial charge on any atom is -0.497 e. The number of imidazole rings is 1. The molecule has 1 aromatic carbocycles. The van der Waals surface area contributed by atoms with E-state index in [9.17, 15) is 0 Å². The van der Waals surface area contributed by atoms with Gasteiger partial charge in [0, 0.05) is 12.5 Å². The molecule has 0 atom stereocenters. The summed E-state index contributed by atoms with van der Waals surface area (Å²) in [7, 11) is 1.66. The number of rotatable bonds is 5. The maximum Gasteiger partial charge on any atom is 0.202 e. The highest BCUT2D eigenvalue weighted by Crippen LogP contribution is 2.21. The number of hydrogen-bond donors (Lipinski definition) is 2. The summed E-state index contributed by atoms with van der Waals surface area (Å²) in [5.74, 6) is 3.43.